The lowest BCUT2D eigenvalue weighted by atomic mass is 10.1. The third-order valence-corrected chi connectivity index (χ3v) is 6.68. The Morgan fingerprint density at radius 3 is 2.50 bits per heavy atom. The topological polar surface area (TPSA) is 58.6 Å². The van der Waals surface area contributed by atoms with Gasteiger partial charge in [0.15, 0.2) is 5.16 Å². The molecule has 6 nitrogen and oxygen atoms in total. The predicted molar refractivity (Wildman–Crippen MR) is 138 cm³/mol. The van der Waals surface area contributed by atoms with E-state index in [1.54, 1.807) is 6.07 Å². The van der Waals surface area contributed by atoms with E-state index in [0.717, 1.165) is 17.9 Å². The Balaban J connectivity index is 1.42. The summed E-state index contributed by atoms with van der Waals surface area (Å²) in [5, 5.41) is 1.02. The molecule has 0 spiro atoms. The molecular formula is C26H29ClN4O2S. The van der Waals surface area contributed by atoms with Gasteiger partial charge in [0.25, 0.3) is 5.91 Å². The van der Waals surface area contributed by atoms with Crippen LogP contribution < -0.4 is 4.90 Å². The van der Waals surface area contributed by atoms with Gasteiger partial charge >= 0.3 is 0 Å². The second-order valence-corrected chi connectivity index (χ2v) is 9.96. The second kappa shape index (κ2) is 11.2. The number of anilines is 1. The van der Waals surface area contributed by atoms with E-state index >= 15 is 0 Å². The van der Waals surface area contributed by atoms with Gasteiger partial charge in [-0.05, 0) is 37.1 Å². The molecule has 1 aliphatic heterocycles. The van der Waals surface area contributed by atoms with Gasteiger partial charge in [-0.3, -0.25) is 4.79 Å². The third-order valence-electron chi connectivity index (χ3n) is 5.56. The monoisotopic (exact) mass is 496 g/mol. The Morgan fingerprint density at radius 2 is 1.76 bits per heavy atom. The molecule has 2 unspecified atom stereocenters. The summed E-state index contributed by atoms with van der Waals surface area (Å²) in [5.41, 5.74) is 2.92. The third kappa shape index (κ3) is 6.50. The number of ether oxygens (including phenoxy) is 1. The molecule has 0 bridgehead atoms. The zero-order valence-corrected chi connectivity index (χ0v) is 21.2. The summed E-state index contributed by atoms with van der Waals surface area (Å²) in [6.07, 6.45) is 0.0845. The van der Waals surface area contributed by atoms with E-state index in [-0.39, 0.29) is 18.1 Å². The van der Waals surface area contributed by atoms with Crippen molar-refractivity contribution in [2.45, 2.75) is 43.5 Å². The minimum atomic E-state index is 0.0395. The predicted octanol–water partition coefficient (Wildman–Crippen LogP) is 5.31. The Kier molecular flexibility index (Phi) is 8.08. The maximum absolute atomic E-state index is 13.0. The summed E-state index contributed by atoms with van der Waals surface area (Å²) in [5.74, 6) is 1.45. The molecular weight excluding hydrogens is 468 g/mol. The number of hydrogen-bond donors (Lipinski definition) is 0. The molecule has 34 heavy (non-hydrogen) atoms. The normalized spacial score (nSPS) is 18.1. The Hall–Kier alpha value is -2.61. The molecule has 1 fully saturated rings. The van der Waals surface area contributed by atoms with Crippen molar-refractivity contribution >= 4 is 35.1 Å². The first kappa shape index (κ1) is 24.5. The van der Waals surface area contributed by atoms with Crippen LogP contribution in [0.1, 0.15) is 35.3 Å². The number of halogens is 1. The number of rotatable bonds is 7. The van der Waals surface area contributed by atoms with Crippen LogP contribution in [0.15, 0.2) is 65.8 Å². The first-order valence-corrected chi connectivity index (χ1v) is 12.7. The van der Waals surface area contributed by atoms with Crippen molar-refractivity contribution in [2.24, 2.45) is 0 Å². The summed E-state index contributed by atoms with van der Waals surface area (Å²) in [4.78, 5) is 26.1. The molecule has 3 aromatic rings. The lowest BCUT2D eigenvalue weighted by molar-refractivity contribution is -0.0586. The molecule has 178 valence electrons. The Labute approximate surface area is 210 Å². The zero-order valence-electron chi connectivity index (χ0n) is 19.6. The van der Waals surface area contributed by atoms with Crippen LogP contribution in [0.5, 0.6) is 0 Å². The van der Waals surface area contributed by atoms with Gasteiger partial charge in [0, 0.05) is 44.1 Å². The van der Waals surface area contributed by atoms with Crippen molar-refractivity contribution < 1.29 is 9.53 Å². The number of carbonyl (C=O) groups is 1. The fourth-order valence-electron chi connectivity index (χ4n) is 4.05. The first-order chi connectivity index (χ1) is 16.4. The highest BCUT2D eigenvalue weighted by molar-refractivity contribution is 7.98. The minimum absolute atomic E-state index is 0.0395. The minimum Gasteiger partial charge on any atom is -0.372 e. The van der Waals surface area contributed by atoms with Crippen LogP contribution in [0, 0.1) is 0 Å². The van der Waals surface area contributed by atoms with Gasteiger partial charge in [-0.25, -0.2) is 9.97 Å². The fraction of sp³-hybridized carbons (Fsp3) is 0.346. The van der Waals surface area contributed by atoms with Crippen LogP contribution in [0.25, 0.3) is 0 Å². The van der Waals surface area contributed by atoms with E-state index in [0.29, 0.717) is 34.7 Å². The van der Waals surface area contributed by atoms with Crippen LogP contribution in [0.2, 0.25) is 5.15 Å². The van der Waals surface area contributed by atoms with Gasteiger partial charge < -0.3 is 14.5 Å². The van der Waals surface area contributed by atoms with Gasteiger partial charge in [-0.2, -0.15) is 0 Å². The van der Waals surface area contributed by atoms with Gasteiger partial charge in [-0.15, -0.1) is 0 Å². The highest BCUT2D eigenvalue weighted by atomic mass is 35.5. The number of benzene rings is 2. The van der Waals surface area contributed by atoms with Crippen molar-refractivity contribution in [2.75, 3.05) is 25.0 Å². The van der Waals surface area contributed by atoms with Crippen molar-refractivity contribution in [3.05, 3.63) is 82.5 Å². The number of carbonyl (C=O) groups excluding carboxylic acids is 1. The molecule has 1 aliphatic rings. The standard InChI is InChI=1S/C26H29ClN4O2S/c1-18-14-31(15-19(2)33-18)25(32)22-11-7-10-21(12-22)17-34-26-28-23(27)13-24(29-26)30(3)16-20-8-5-4-6-9-20/h4-13,18-19H,14-17H2,1-3H3. The van der Waals surface area contributed by atoms with Crippen LogP contribution >= 0.6 is 23.4 Å². The van der Waals surface area contributed by atoms with Gasteiger partial charge in [0.2, 0.25) is 0 Å². The highest BCUT2D eigenvalue weighted by Gasteiger charge is 2.26. The summed E-state index contributed by atoms with van der Waals surface area (Å²) in [6, 6.07) is 19.8. The van der Waals surface area contributed by atoms with E-state index in [9.17, 15) is 4.79 Å². The summed E-state index contributed by atoms with van der Waals surface area (Å²) < 4.78 is 5.76. The fourth-order valence-corrected chi connectivity index (χ4v) is 5.08. The molecule has 1 amide bonds. The highest BCUT2D eigenvalue weighted by Crippen LogP contribution is 2.25. The molecule has 4 rings (SSSR count). The molecule has 1 saturated heterocycles. The number of nitrogens with zero attached hydrogens (tertiary/aromatic N) is 4. The average Bonchev–Trinajstić information content (AvgIpc) is 2.82. The maximum Gasteiger partial charge on any atom is 0.254 e. The number of thioether (sulfide) groups is 1. The molecule has 0 saturated carbocycles. The number of amides is 1. The van der Waals surface area contributed by atoms with E-state index in [1.807, 2.05) is 68.3 Å². The van der Waals surface area contributed by atoms with Crippen molar-refractivity contribution in [1.82, 2.24) is 14.9 Å². The van der Waals surface area contributed by atoms with E-state index in [4.69, 9.17) is 21.3 Å². The smallest absolute Gasteiger partial charge is 0.254 e. The second-order valence-electron chi connectivity index (χ2n) is 8.63. The van der Waals surface area contributed by atoms with Crippen LogP contribution in [0.3, 0.4) is 0 Å². The lowest BCUT2D eigenvalue weighted by Gasteiger charge is -2.35. The molecule has 2 heterocycles. The van der Waals surface area contributed by atoms with Crippen molar-refractivity contribution in [3.63, 3.8) is 0 Å². The first-order valence-electron chi connectivity index (χ1n) is 11.3. The summed E-state index contributed by atoms with van der Waals surface area (Å²) >= 11 is 7.81. The van der Waals surface area contributed by atoms with Gasteiger partial charge in [-0.1, -0.05) is 65.8 Å². The Morgan fingerprint density at radius 1 is 1.06 bits per heavy atom. The SMILES string of the molecule is CC1CN(C(=O)c2cccc(CSc3nc(Cl)cc(N(C)Cc4ccccc4)n3)c2)CC(C)O1. The largest absolute Gasteiger partial charge is 0.372 e. The average molecular weight is 497 g/mol. The van der Waals surface area contributed by atoms with Crippen LogP contribution in [-0.2, 0) is 17.0 Å². The van der Waals surface area contributed by atoms with Crippen LogP contribution in [-0.4, -0.2) is 53.1 Å². The van der Waals surface area contributed by atoms with E-state index in [2.05, 4.69) is 22.0 Å². The maximum atomic E-state index is 13.0. The molecule has 2 atom stereocenters. The van der Waals surface area contributed by atoms with E-state index in [1.165, 1.54) is 17.3 Å². The van der Waals surface area contributed by atoms with Crippen molar-refractivity contribution in [1.29, 1.82) is 0 Å². The zero-order chi connectivity index (χ0) is 24.1. The van der Waals surface area contributed by atoms with Crippen molar-refractivity contribution in [3.8, 4) is 0 Å². The Bertz CT molecular complexity index is 1120. The molecule has 0 N–H and O–H groups in total. The number of aromatic nitrogens is 2. The number of morpholine rings is 1. The van der Waals surface area contributed by atoms with Crippen LogP contribution in [0.4, 0.5) is 5.82 Å². The van der Waals surface area contributed by atoms with Gasteiger partial charge in [0.1, 0.15) is 11.0 Å². The number of hydrogen-bond acceptors (Lipinski definition) is 6. The van der Waals surface area contributed by atoms with Gasteiger partial charge in [0.05, 0.1) is 12.2 Å². The molecule has 2 aromatic carbocycles. The molecule has 0 radical (unpaired) electrons. The molecule has 8 heteroatoms. The summed E-state index contributed by atoms with van der Waals surface area (Å²) in [7, 11) is 1.99. The summed E-state index contributed by atoms with van der Waals surface area (Å²) in [6.45, 7) is 5.94. The lowest BCUT2D eigenvalue weighted by Crippen LogP contribution is -2.48. The molecule has 0 aliphatic carbocycles. The van der Waals surface area contributed by atoms with E-state index < -0.39 is 0 Å². The molecule has 1 aromatic heterocycles. The quantitative estimate of drug-likeness (QED) is 0.251.